The highest BCUT2D eigenvalue weighted by molar-refractivity contribution is 5.88. The molecule has 0 atom stereocenters. The van der Waals surface area contributed by atoms with E-state index in [1.807, 2.05) is 0 Å². The van der Waals surface area contributed by atoms with Crippen LogP contribution in [0.1, 0.15) is 12.8 Å². The van der Waals surface area contributed by atoms with Crippen molar-refractivity contribution in [2.45, 2.75) is 18.6 Å². The van der Waals surface area contributed by atoms with E-state index in [4.69, 9.17) is 9.47 Å². The Morgan fingerprint density at radius 1 is 1.26 bits per heavy atom. The van der Waals surface area contributed by atoms with E-state index in [2.05, 4.69) is 15.3 Å². The number of carbonyl (C=O) groups excluding carboxylic acids is 1. The van der Waals surface area contributed by atoms with E-state index in [0.29, 0.717) is 45.0 Å². The quantitative estimate of drug-likeness (QED) is 0.813. The average molecular weight is 264 g/mol. The van der Waals surface area contributed by atoms with Gasteiger partial charge in [0.25, 0.3) is 0 Å². The Balaban J connectivity index is 1.55. The summed E-state index contributed by atoms with van der Waals surface area (Å²) in [7, 11) is 0. The molecule has 102 valence electrons. The number of hydrogen-bond acceptors (Lipinski definition) is 5. The number of aromatic nitrogens is 2. The van der Waals surface area contributed by atoms with Crippen molar-refractivity contribution in [2.24, 2.45) is 0 Å². The molecule has 1 N–H and O–H groups in total. The molecule has 2 fully saturated rings. The summed E-state index contributed by atoms with van der Waals surface area (Å²) in [6.45, 7) is 2.52. The van der Waals surface area contributed by atoms with Crippen LogP contribution in [0.2, 0.25) is 0 Å². The summed E-state index contributed by atoms with van der Waals surface area (Å²) in [4.78, 5) is 21.7. The highest BCUT2D eigenvalue weighted by atomic mass is 16.7. The molecule has 1 aromatic heterocycles. The normalized spacial score (nSPS) is 21.6. The predicted octanol–water partition coefficient (Wildman–Crippen LogP) is 0.847. The van der Waals surface area contributed by atoms with Crippen LogP contribution in [0.4, 0.5) is 10.6 Å². The van der Waals surface area contributed by atoms with Crippen LogP contribution < -0.4 is 5.32 Å². The Bertz CT molecular complexity index is 438. The van der Waals surface area contributed by atoms with Gasteiger partial charge in [0.1, 0.15) is 0 Å². The van der Waals surface area contributed by atoms with Crippen LogP contribution in [0.25, 0.3) is 0 Å². The van der Waals surface area contributed by atoms with Gasteiger partial charge in [-0.15, -0.1) is 0 Å². The number of rotatable bonds is 1. The molecule has 0 bridgehead atoms. The van der Waals surface area contributed by atoms with Gasteiger partial charge in [-0.3, -0.25) is 10.3 Å². The van der Waals surface area contributed by atoms with Crippen molar-refractivity contribution in [3.8, 4) is 0 Å². The van der Waals surface area contributed by atoms with Gasteiger partial charge in [0, 0.05) is 38.3 Å². The second-order valence-electron chi connectivity index (χ2n) is 4.62. The molecule has 0 aromatic carbocycles. The number of piperidine rings is 1. The van der Waals surface area contributed by atoms with Gasteiger partial charge in [-0.1, -0.05) is 0 Å². The lowest BCUT2D eigenvalue weighted by Gasteiger charge is -2.37. The first-order chi connectivity index (χ1) is 9.27. The van der Waals surface area contributed by atoms with E-state index in [0.717, 1.165) is 0 Å². The topological polar surface area (TPSA) is 76.6 Å². The molecule has 3 rings (SSSR count). The van der Waals surface area contributed by atoms with Crippen molar-refractivity contribution in [3.05, 3.63) is 18.6 Å². The van der Waals surface area contributed by atoms with E-state index in [1.54, 1.807) is 17.3 Å². The monoisotopic (exact) mass is 264 g/mol. The molecular weight excluding hydrogens is 248 g/mol. The standard InChI is InChI=1S/C12H16N4O3/c17-11(15-10-9-13-3-4-14-10)16-5-1-12(2-6-16)18-7-8-19-12/h3-4,9H,1-2,5-8H2,(H,14,15,17). The maximum atomic E-state index is 12.0. The molecule has 0 saturated carbocycles. The first-order valence-electron chi connectivity index (χ1n) is 6.37. The zero-order valence-corrected chi connectivity index (χ0v) is 10.5. The molecule has 2 aliphatic rings. The largest absolute Gasteiger partial charge is 0.347 e. The first kappa shape index (κ1) is 12.3. The second kappa shape index (κ2) is 5.10. The van der Waals surface area contributed by atoms with Gasteiger partial charge in [-0.05, 0) is 0 Å². The first-order valence-corrected chi connectivity index (χ1v) is 6.37. The number of hydrogen-bond donors (Lipinski definition) is 1. The zero-order valence-electron chi connectivity index (χ0n) is 10.5. The molecule has 2 saturated heterocycles. The summed E-state index contributed by atoms with van der Waals surface area (Å²) in [6.07, 6.45) is 6.05. The second-order valence-corrected chi connectivity index (χ2v) is 4.62. The minimum absolute atomic E-state index is 0.159. The number of anilines is 1. The highest BCUT2D eigenvalue weighted by Crippen LogP contribution is 2.31. The molecular formula is C12H16N4O3. The fourth-order valence-corrected chi connectivity index (χ4v) is 2.39. The number of nitrogens with one attached hydrogen (secondary N) is 1. The molecule has 0 radical (unpaired) electrons. The van der Waals surface area contributed by atoms with Gasteiger partial charge >= 0.3 is 6.03 Å². The lowest BCUT2D eigenvalue weighted by atomic mass is 10.0. The Morgan fingerprint density at radius 2 is 2.00 bits per heavy atom. The Hall–Kier alpha value is -1.73. The fraction of sp³-hybridized carbons (Fsp3) is 0.583. The Morgan fingerprint density at radius 3 is 2.63 bits per heavy atom. The summed E-state index contributed by atoms with van der Waals surface area (Å²) >= 11 is 0. The molecule has 1 aromatic rings. The maximum Gasteiger partial charge on any atom is 0.323 e. The minimum Gasteiger partial charge on any atom is -0.347 e. The number of nitrogens with zero attached hydrogens (tertiary/aromatic N) is 3. The molecule has 2 aliphatic heterocycles. The van der Waals surface area contributed by atoms with Crippen LogP contribution in [-0.4, -0.2) is 53.0 Å². The van der Waals surface area contributed by atoms with Crippen LogP contribution in [0.15, 0.2) is 18.6 Å². The zero-order chi connectivity index (χ0) is 13.1. The molecule has 19 heavy (non-hydrogen) atoms. The smallest absolute Gasteiger partial charge is 0.323 e. The third-order valence-corrected chi connectivity index (χ3v) is 3.42. The van der Waals surface area contributed by atoms with E-state index in [1.165, 1.54) is 6.20 Å². The van der Waals surface area contributed by atoms with Crippen molar-refractivity contribution in [2.75, 3.05) is 31.6 Å². The average Bonchev–Trinajstić information content (AvgIpc) is 2.89. The van der Waals surface area contributed by atoms with Gasteiger partial charge < -0.3 is 14.4 Å². The molecule has 2 amide bonds. The van der Waals surface area contributed by atoms with E-state index in [-0.39, 0.29) is 6.03 Å². The third-order valence-electron chi connectivity index (χ3n) is 3.42. The van der Waals surface area contributed by atoms with Gasteiger partial charge in [-0.25, -0.2) is 9.78 Å². The maximum absolute atomic E-state index is 12.0. The predicted molar refractivity (Wildman–Crippen MR) is 66.5 cm³/mol. The summed E-state index contributed by atoms with van der Waals surface area (Å²) < 4.78 is 11.2. The summed E-state index contributed by atoms with van der Waals surface area (Å²) in [5.41, 5.74) is 0. The molecule has 0 unspecified atom stereocenters. The number of ether oxygens (including phenoxy) is 2. The van der Waals surface area contributed by atoms with Gasteiger partial charge in [0.05, 0.1) is 19.4 Å². The van der Waals surface area contributed by atoms with Crippen molar-refractivity contribution in [1.29, 1.82) is 0 Å². The summed E-state index contributed by atoms with van der Waals surface area (Å²) in [6, 6.07) is -0.159. The lowest BCUT2D eigenvalue weighted by Crippen LogP contribution is -2.48. The van der Waals surface area contributed by atoms with Gasteiger partial charge in [0.2, 0.25) is 0 Å². The number of likely N-dealkylation sites (tertiary alicyclic amines) is 1. The molecule has 7 heteroatoms. The third kappa shape index (κ3) is 2.66. The number of carbonyl (C=O) groups is 1. The van der Waals surface area contributed by atoms with Crippen LogP contribution in [0.3, 0.4) is 0 Å². The van der Waals surface area contributed by atoms with Crippen LogP contribution in [0.5, 0.6) is 0 Å². The number of urea groups is 1. The van der Waals surface area contributed by atoms with Crippen molar-refractivity contribution in [3.63, 3.8) is 0 Å². The molecule has 3 heterocycles. The Labute approximate surface area is 110 Å². The van der Waals surface area contributed by atoms with E-state index >= 15 is 0 Å². The number of amides is 2. The van der Waals surface area contributed by atoms with Crippen LogP contribution in [-0.2, 0) is 9.47 Å². The summed E-state index contributed by atoms with van der Waals surface area (Å²) in [5, 5.41) is 2.72. The lowest BCUT2D eigenvalue weighted by molar-refractivity contribution is -0.181. The van der Waals surface area contributed by atoms with Crippen LogP contribution in [0, 0.1) is 0 Å². The molecule has 0 aliphatic carbocycles. The van der Waals surface area contributed by atoms with Crippen LogP contribution >= 0.6 is 0 Å². The van der Waals surface area contributed by atoms with Gasteiger partial charge in [0.15, 0.2) is 11.6 Å². The fourth-order valence-electron chi connectivity index (χ4n) is 2.39. The Kier molecular flexibility index (Phi) is 3.31. The summed E-state index contributed by atoms with van der Waals surface area (Å²) in [5.74, 6) is 0.00437. The van der Waals surface area contributed by atoms with E-state index < -0.39 is 5.79 Å². The molecule has 7 nitrogen and oxygen atoms in total. The van der Waals surface area contributed by atoms with Crippen molar-refractivity contribution < 1.29 is 14.3 Å². The van der Waals surface area contributed by atoms with Gasteiger partial charge in [-0.2, -0.15) is 0 Å². The molecule has 1 spiro atoms. The van der Waals surface area contributed by atoms with Crippen molar-refractivity contribution >= 4 is 11.8 Å². The minimum atomic E-state index is -0.455. The highest BCUT2D eigenvalue weighted by Gasteiger charge is 2.40. The van der Waals surface area contributed by atoms with E-state index in [9.17, 15) is 4.79 Å². The SMILES string of the molecule is O=C(Nc1cnccn1)N1CCC2(CC1)OCCO2. The van der Waals surface area contributed by atoms with Crippen molar-refractivity contribution in [1.82, 2.24) is 14.9 Å².